The SMILES string of the molecule is COc1cccc(COC(=O)CCc2ccc(N)cc2)n1. The molecule has 1 aromatic heterocycles. The summed E-state index contributed by atoms with van der Waals surface area (Å²) in [5.41, 5.74) is 8.04. The number of nitrogens with zero attached hydrogens (tertiary/aromatic N) is 1. The first-order valence-corrected chi connectivity index (χ1v) is 6.67. The number of aromatic nitrogens is 1. The normalized spacial score (nSPS) is 10.1. The Bertz CT molecular complexity index is 597. The number of hydrogen-bond donors (Lipinski definition) is 1. The molecule has 0 amide bonds. The zero-order chi connectivity index (χ0) is 15.1. The van der Waals surface area contributed by atoms with E-state index >= 15 is 0 Å². The number of methoxy groups -OCH3 is 1. The number of benzene rings is 1. The van der Waals surface area contributed by atoms with Crippen LogP contribution in [0.4, 0.5) is 5.69 Å². The van der Waals surface area contributed by atoms with Crippen molar-refractivity contribution in [2.75, 3.05) is 12.8 Å². The number of carbonyl (C=O) groups excluding carboxylic acids is 1. The molecule has 0 spiro atoms. The average molecular weight is 286 g/mol. The van der Waals surface area contributed by atoms with Crippen LogP contribution < -0.4 is 10.5 Å². The first-order valence-electron chi connectivity index (χ1n) is 6.67. The molecule has 21 heavy (non-hydrogen) atoms. The van der Waals surface area contributed by atoms with Gasteiger partial charge in [0, 0.05) is 18.2 Å². The van der Waals surface area contributed by atoms with Gasteiger partial charge in [-0.25, -0.2) is 4.98 Å². The van der Waals surface area contributed by atoms with E-state index in [-0.39, 0.29) is 12.6 Å². The van der Waals surface area contributed by atoms with Crippen LogP contribution in [0.15, 0.2) is 42.5 Å². The van der Waals surface area contributed by atoms with Gasteiger partial charge in [-0.15, -0.1) is 0 Å². The number of nitrogen functional groups attached to an aromatic ring is 1. The maximum absolute atomic E-state index is 11.7. The molecule has 0 aliphatic rings. The van der Waals surface area contributed by atoms with Gasteiger partial charge in [-0.05, 0) is 30.2 Å². The monoisotopic (exact) mass is 286 g/mol. The van der Waals surface area contributed by atoms with Gasteiger partial charge in [0.05, 0.1) is 12.8 Å². The average Bonchev–Trinajstić information content (AvgIpc) is 2.52. The van der Waals surface area contributed by atoms with Gasteiger partial charge in [-0.1, -0.05) is 18.2 Å². The molecule has 2 rings (SSSR count). The van der Waals surface area contributed by atoms with Crippen LogP contribution in [0.3, 0.4) is 0 Å². The summed E-state index contributed by atoms with van der Waals surface area (Å²) < 4.78 is 10.2. The van der Waals surface area contributed by atoms with Crippen molar-refractivity contribution in [3.8, 4) is 5.88 Å². The Labute approximate surface area is 123 Å². The van der Waals surface area contributed by atoms with Gasteiger partial charge in [-0.2, -0.15) is 0 Å². The summed E-state index contributed by atoms with van der Waals surface area (Å²) in [6.45, 7) is 0.151. The summed E-state index contributed by atoms with van der Waals surface area (Å²) >= 11 is 0. The number of anilines is 1. The van der Waals surface area contributed by atoms with E-state index in [1.807, 2.05) is 30.3 Å². The Hall–Kier alpha value is -2.56. The lowest BCUT2D eigenvalue weighted by Crippen LogP contribution is -2.07. The summed E-state index contributed by atoms with van der Waals surface area (Å²) in [6, 6.07) is 12.8. The first-order chi connectivity index (χ1) is 10.2. The third kappa shape index (κ3) is 4.80. The number of pyridine rings is 1. The molecule has 0 bridgehead atoms. The number of nitrogens with two attached hydrogens (primary N) is 1. The molecule has 0 aliphatic heterocycles. The zero-order valence-electron chi connectivity index (χ0n) is 11.9. The summed E-state index contributed by atoms with van der Waals surface area (Å²) in [5.74, 6) is 0.252. The van der Waals surface area contributed by atoms with Crippen molar-refractivity contribution in [3.63, 3.8) is 0 Å². The standard InChI is InChI=1S/C16H18N2O3/c1-20-15-4-2-3-14(18-15)11-21-16(19)10-7-12-5-8-13(17)9-6-12/h2-6,8-9H,7,10-11,17H2,1H3. The number of carbonyl (C=O) groups is 1. The van der Waals surface area contributed by atoms with Crippen LogP contribution in [0.2, 0.25) is 0 Å². The molecule has 2 N–H and O–H groups in total. The molecular weight excluding hydrogens is 268 g/mol. The van der Waals surface area contributed by atoms with Crippen molar-refractivity contribution in [2.45, 2.75) is 19.4 Å². The lowest BCUT2D eigenvalue weighted by atomic mass is 10.1. The molecular formula is C16H18N2O3. The number of aryl methyl sites for hydroxylation is 1. The molecule has 0 unspecified atom stereocenters. The largest absolute Gasteiger partial charge is 0.481 e. The maximum Gasteiger partial charge on any atom is 0.306 e. The molecule has 0 radical (unpaired) electrons. The summed E-state index contributed by atoms with van der Waals surface area (Å²) in [5, 5.41) is 0. The number of rotatable bonds is 6. The van der Waals surface area contributed by atoms with Gasteiger partial charge in [0.15, 0.2) is 0 Å². The zero-order valence-corrected chi connectivity index (χ0v) is 11.9. The second kappa shape index (κ2) is 7.28. The van der Waals surface area contributed by atoms with E-state index in [0.29, 0.717) is 30.1 Å². The molecule has 1 aromatic carbocycles. The Kier molecular flexibility index (Phi) is 5.15. The highest BCUT2D eigenvalue weighted by Gasteiger charge is 2.05. The summed E-state index contributed by atoms with van der Waals surface area (Å²) in [7, 11) is 1.55. The predicted molar refractivity (Wildman–Crippen MR) is 79.8 cm³/mol. The Morgan fingerprint density at radius 3 is 2.67 bits per heavy atom. The number of esters is 1. The summed E-state index contributed by atoms with van der Waals surface area (Å²) in [4.78, 5) is 15.9. The van der Waals surface area contributed by atoms with Crippen molar-refractivity contribution in [3.05, 3.63) is 53.7 Å². The second-order valence-corrected chi connectivity index (χ2v) is 4.57. The van der Waals surface area contributed by atoms with Crippen LogP contribution in [0.25, 0.3) is 0 Å². The minimum absolute atomic E-state index is 0.151. The Morgan fingerprint density at radius 1 is 1.19 bits per heavy atom. The third-order valence-electron chi connectivity index (χ3n) is 2.97. The van der Waals surface area contributed by atoms with Crippen molar-refractivity contribution in [2.24, 2.45) is 0 Å². The van der Waals surface area contributed by atoms with Gasteiger partial charge < -0.3 is 15.2 Å². The van der Waals surface area contributed by atoms with Gasteiger partial charge in [0.25, 0.3) is 0 Å². The third-order valence-corrected chi connectivity index (χ3v) is 2.97. The van der Waals surface area contributed by atoms with E-state index in [9.17, 15) is 4.79 Å². The molecule has 1 heterocycles. The van der Waals surface area contributed by atoms with Crippen molar-refractivity contribution < 1.29 is 14.3 Å². The van der Waals surface area contributed by atoms with Gasteiger partial charge in [-0.3, -0.25) is 4.79 Å². The smallest absolute Gasteiger partial charge is 0.306 e. The fraction of sp³-hybridized carbons (Fsp3) is 0.250. The predicted octanol–water partition coefficient (Wildman–Crippen LogP) is 2.35. The van der Waals surface area contributed by atoms with Crippen LogP contribution in [0.5, 0.6) is 5.88 Å². The van der Waals surface area contributed by atoms with Crippen molar-refractivity contribution in [1.29, 1.82) is 0 Å². The van der Waals surface area contributed by atoms with E-state index in [4.69, 9.17) is 15.2 Å². The van der Waals surface area contributed by atoms with E-state index in [1.54, 1.807) is 19.2 Å². The maximum atomic E-state index is 11.7. The minimum atomic E-state index is -0.253. The van der Waals surface area contributed by atoms with Gasteiger partial charge in [0.1, 0.15) is 6.61 Å². The summed E-state index contributed by atoms with van der Waals surface area (Å²) in [6.07, 6.45) is 0.957. The molecule has 110 valence electrons. The molecule has 2 aromatic rings. The molecule has 0 saturated heterocycles. The van der Waals surface area contributed by atoms with Crippen molar-refractivity contribution in [1.82, 2.24) is 4.98 Å². The van der Waals surface area contributed by atoms with Gasteiger partial charge >= 0.3 is 5.97 Å². The van der Waals surface area contributed by atoms with Crippen molar-refractivity contribution >= 4 is 11.7 Å². The highest BCUT2D eigenvalue weighted by Crippen LogP contribution is 2.10. The van der Waals surface area contributed by atoms with E-state index in [1.165, 1.54) is 0 Å². The quantitative estimate of drug-likeness (QED) is 0.651. The van der Waals surface area contributed by atoms with E-state index < -0.39 is 0 Å². The van der Waals surface area contributed by atoms with E-state index in [2.05, 4.69) is 4.98 Å². The number of ether oxygens (including phenoxy) is 2. The van der Waals surface area contributed by atoms with Crippen LogP contribution in [-0.2, 0) is 22.6 Å². The van der Waals surface area contributed by atoms with E-state index in [0.717, 1.165) is 5.56 Å². The first kappa shape index (κ1) is 14.8. The minimum Gasteiger partial charge on any atom is -0.481 e. The number of hydrogen-bond acceptors (Lipinski definition) is 5. The molecule has 0 saturated carbocycles. The Morgan fingerprint density at radius 2 is 1.95 bits per heavy atom. The fourth-order valence-corrected chi connectivity index (χ4v) is 1.81. The highest BCUT2D eigenvalue weighted by molar-refractivity contribution is 5.69. The van der Waals surface area contributed by atoms with Gasteiger partial charge in [0.2, 0.25) is 5.88 Å². The highest BCUT2D eigenvalue weighted by atomic mass is 16.5. The molecule has 0 atom stereocenters. The lowest BCUT2D eigenvalue weighted by Gasteiger charge is -2.06. The molecule has 5 nitrogen and oxygen atoms in total. The Balaban J connectivity index is 1.78. The van der Waals surface area contributed by atoms with Crippen LogP contribution in [0, 0.1) is 0 Å². The van der Waals surface area contributed by atoms with Crippen LogP contribution in [0.1, 0.15) is 17.7 Å². The second-order valence-electron chi connectivity index (χ2n) is 4.57. The lowest BCUT2D eigenvalue weighted by molar-refractivity contribution is -0.145. The molecule has 0 fully saturated rings. The van der Waals surface area contributed by atoms with Crippen LogP contribution in [-0.4, -0.2) is 18.1 Å². The molecule has 0 aliphatic carbocycles. The fourth-order valence-electron chi connectivity index (χ4n) is 1.81. The topological polar surface area (TPSA) is 74.4 Å². The van der Waals surface area contributed by atoms with Crippen LogP contribution >= 0.6 is 0 Å². The molecule has 5 heteroatoms.